The number of hydrogen-bond donors (Lipinski definition) is 2. The number of carboxylic acids is 1. The van der Waals surface area contributed by atoms with Crippen LogP contribution in [0.5, 0.6) is 0 Å². The van der Waals surface area contributed by atoms with Crippen LogP contribution in [0.2, 0.25) is 5.02 Å². The predicted octanol–water partition coefficient (Wildman–Crippen LogP) is 2.72. The highest BCUT2D eigenvalue weighted by Gasteiger charge is 2.21. The lowest BCUT2D eigenvalue weighted by Crippen LogP contribution is -2.23. The Morgan fingerprint density at radius 2 is 2.14 bits per heavy atom. The molecule has 0 radical (unpaired) electrons. The Morgan fingerprint density at radius 3 is 2.71 bits per heavy atom. The average molecular weight is 350 g/mol. The number of rotatable bonds is 5. The van der Waals surface area contributed by atoms with E-state index in [1.807, 2.05) is 0 Å². The minimum absolute atomic E-state index is 0.0344. The molecular weight excluding hydrogens is 341 g/mol. The molecule has 0 aliphatic heterocycles. The molecule has 0 bridgehead atoms. The summed E-state index contributed by atoms with van der Waals surface area (Å²) in [6, 6.07) is 5.01. The summed E-state index contributed by atoms with van der Waals surface area (Å²) in [5, 5.41) is 10.1. The van der Waals surface area contributed by atoms with Crippen molar-refractivity contribution in [2.24, 2.45) is 0 Å². The number of halogens is 2. The van der Waals surface area contributed by atoms with Gasteiger partial charge in [0.1, 0.15) is 5.82 Å². The Bertz CT molecular complexity index is 775. The standard InChI is InChI=1S/C12H9ClFNO4S2/c13-11-9(12(16)17)4-8(5-10(11)14)21(18,19)15-6-7-2-1-3-20-7/h1-5,15H,6H2,(H,16,17). The molecule has 112 valence electrons. The second-order valence-electron chi connectivity index (χ2n) is 3.98. The quantitative estimate of drug-likeness (QED) is 0.869. The summed E-state index contributed by atoms with van der Waals surface area (Å²) in [6.07, 6.45) is 0. The Kier molecular flexibility index (Phi) is 4.62. The van der Waals surface area contributed by atoms with Gasteiger partial charge in [0.15, 0.2) is 0 Å². The van der Waals surface area contributed by atoms with Gasteiger partial charge in [-0.1, -0.05) is 17.7 Å². The average Bonchev–Trinajstić information content (AvgIpc) is 2.92. The van der Waals surface area contributed by atoms with Crippen LogP contribution >= 0.6 is 22.9 Å². The van der Waals surface area contributed by atoms with Gasteiger partial charge in [0.2, 0.25) is 10.0 Å². The first kappa shape index (κ1) is 15.9. The number of carbonyl (C=O) groups is 1. The lowest BCUT2D eigenvalue weighted by Gasteiger charge is -2.08. The smallest absolute Gasteiger partial charge is 0.337 e. The van der Waals surface area contributed by atoms with Gasteiger partial charge < -0.3 is 5.11 Å². The minimum Gasteiger partial charge on any atom is -0.478 e. The van der Waals surface area contributed by atoms with Crippen LogP contribution in [0.1, 0.15) is 15.2 Å². The van der Waals surface area contributed by atoms with Crippen LogP contribution in [-0.2, 0) is 16.6 Å². The first-order valence-electron chi connectivity index (χ1n) is 5.55. The number of aromatic carboxylic acids is 1. The largest absolute Gasteiger partial charge is 0.478 e. The van der Waals surface area contributed by atoms with Crippen LogP contribution < -0.4 is 4.72 Å². The number of thiophene rings is 1. The molecule has 0 spiro atoms. The van der Waals surface area contributed by atoms with Gasteiger partial charge in [-0.15, -0.1) is 11.3 Å². The summed E-state index contributed by atoms with van der Waals surface area (Å²) in [6.45, 7) is 0.0344. The molecule has 21 heavy (non-hydrogen) atoms. The molecule has 0 aliphatic carbocycles. The van der Waals surface area contributed by atoms with E-state index in [0.717, 1.165) is 10.9 Å². The normalized spacial score (nSPS) is 11.5. The molecule has 5 nitrogen and oxygen atoms in total. The van der Waals surface area contributed by atoms with Crippen molar-refractivity contribution < 1.29 is 22.7 Å². The first-order valence-corrected chi connectivity index (χ1v) is 8.30. The summed E-state index contributed by atoms with van der Waals surface area (Å²) in [7, 11) is -4.04. The van der Waals surface area contributed by atoms with E-state index in [1.165, 1.54) is 11.3 Å². The third-order valence-corrected chi connectivity index (χ3v) is 5.20. The van der Waals surface area contributed by atoms with Gasteiger partial charge in [0.25, 0.3) is 0 Å². The Balaban J connectivity index is 2.33. The zero-order chi connectivity index (χ0) is 15.6. The van der Waals surface area contributed by atoms with Crippen molar-refractivity contribution in [2.75, 3.05) is 0 Å². The van der Waals surface area contributed by atoms with E-state index in [0.29, 0.717) is 6.07 Å². The third-order valence-electron chi connectivity index (χ3n) is 2.56. The van der Waals surface area contributed by atoms with Crippen LogP contribution in [0, 0.1) is 5.82 Å². The molecule has 0 unspecified atom stereocenters. The molecule has 9 heteroatoms. The third kappa shape index (κ3) is 3.59. The molecule has 0 fully saturated rings. The maximum absolute atomic E-state index is 13.6. The highest BCUT2D eigenvalue weighted by molar-refractivity contribution is 7.89. The predicted molar refractivity (Wildman–Crippen MR) is 76.7 cm³/mol. The van der Waals surface area contributed by atoms with Crippen molar-refractivity contribution in [3.63, 3.8) is 0 Å². The molecular formula is C12H9ClFNO4S2. The van der Waals surface area contributed by atoms with E-state index in [2.05, 4.69) is 4.72 Å². The second kappa shape index (κ2) is 6.10. The zero-order valence-electron chi connectivity index (χ0n) is 10.3. The SMILES string of the molecule is O=C(O)c1cc(S(=O)(=O)NCc2cccs2)cc(F)c1Cl. The van der Waals surface area contributed by atoms with Gasteiger partial charge in [-0.25, -0.2) is 22.3 Å². The molecule has 2 N–H and O–H groups in total. The first-order chi connectivity index (χ1) is 9.81. The van der Waals surface area contributed by atoms with E-state index in [4.69, 9.17) is 16.7 Å². The molecule has 0 atom stereocenters. The summed E-state index contributed by atoms with van der Waals surface area (Å²) in [4.78, 5) is 11.2. The maximum atomic E-state index is 13.6. The van der Waals surface area contributed by atoms with Crippen molar-refractivity contribution in [1.29, 1.82) is 0 Å². The van der Waals surface area contributed by atoms with E-state index in [-0.39, 0.29) is 6.54 Å². The molecule has 0 aliphatic rings. The van der Waals surface area contributed by atoms with Gasteiger partial charge in [0.05, 0.1) is 15.5 Å². The fourth-order valence-corrected chi connectivity index (χ4v) is 3.51. The lowest BCUT2D eigenvalue weighted by atomic mass is 10.2. The van der Waals surface area contributed by atoms with E-state index in [1.54, 1.807) is 17.5 Å². The van der Waals surface area contributed by atoms with Crippen molar-refractivity contribution in [3.8, 4) is 0 Å². The summed E-state index contributed by atoms with van der Waals surface area (Å²) in [5.74, 6) is -2.61. The summed E-state index contributed by atoms with van der Waals surface area (Å²) >= 11 is 6.86. The second-order valence-corrected chi connectivity index (χ2v) is 7.15. The number of sulfonamides is 1. The van der Waals surface area contributed by atoms with Crippen LogP contribution in [0.4, 0.5) is 4.39 Å². The number of carboxylic acid groups (broad SMARTS) is 1. The highest BCUT2D eigenvalue weighted by Crippen LogP contribution is 2.24. The molecule has 1 aromatic carbocycles. The van der Waals surface area contributed by atoms with E-state index < -0.39 is 37.3 Å². The van der Waals surface area contributed by atoms with Gasteiger partial charge in [-0.2, -0.15) is 0 Å². The monoisotopic (exact) mass is 349 g/mol. The van der Waals surface area contributed by atoms with Crippen molar-refractivity contribution in [2.45, 2.75) is 11.4 Å². The Hall–Kier alpha value is -1.48. The molecule has 1 aromatic heterocycles. The van der Waals surface area contributed by atoms with Crippen molar-refractivity contribution in [1.82, 2.24) is 4.72 Å². The van der Waals surface area contributed by atoms with Crippen LogP contribution in [0.3, 0.4) is 0 Å². The highest BCUT2D eigenvalue weighted by atomic mass is 35.5. The molecule has 1 heterocycles. The Labute approximate surface area is 129 Å². The zero-order valence-corrected chi connectivity index (χ0v) is 12.7. The van der Waals surface area contributed by atoms with Gasteiger partial charge in [-0.05, 0) is 23.6 Å². The molecule has 2 aromatic rings. The van der Waals surface area contributed by atoms with Crippen molar-refractivity contribution in [3.05, 3.63) is 50.9 Å². The van der Waals surface area contributed by atoms with Gasteiger partial charge >= 0.3 is 5.97 Å². The molecule has 0 saturated carbocycles. The van der Waals surface area contributed by atoms with Crippen LogP contribution in [-0.4, -0.2) is 19.5 Å². The summed E-state index contributed by atoms with van der Waals surface area (Å²) < 4.78 is 39.9. The minimum atomic E-state index is -4.04. The molecule has 0 amide bonds. The van der Waals surface area contributed by atoms with Gasteiger partial charge in [0, 0.05) is 11.4 Å². The number of hydrogen-bond acceptors (Lipinski definition) is 4. The maximum Gasteiger partial charge on any atom is 0.337 e. The van der Waals surface area contributed by atoms with Crippen molar-refractivity contribution >= 4 is 38.9 Å². The molecule has 0 saturated heterocycles. The fourth-order valence-electron chi connectivity index (χ4n) is 1.54. The topological polar surface area (TPSA) is 83.5 Å². The molecule has 2 rings (SSSR count). The van der Waals surface area contributed by atoms with Crippen LogP contribution in [0.25, 0.3) is 0 Å². The van der Waals surface area contributed by atoms with E-state index in [9.17, 15) is 17.6 Å². The Morgan fingerprint density at radius 1 is 1.43 bits per heavy atom. The summed E-state index contributed by atoms with van der Waals surface area (Å²) in [5.41, 5.74) is -0.604. The fraction of sp³-hybridized carbons (Fsp3) is 0.0833. The number of benzene rings is 1. The number of nitrogens with one attached hydrogen (secondary N) is 1. The van der Waals surface area contributed by atoms with Crippen LogP contribution in [0.15, 0.2) is 34.5 Å². The van der Waals surface area contributed by atoms with Gasteiger partial charge in [-0.3, -0.25) is 0 Å². The van der Waals surface area contributed by atoms with E-state index >= 15 is 0 Å². The lowest BCUT2D eigenvalue weighted by molar-refractivity contribution is 0.0696.